The average Bonchev–Trinajstić information content (AvgIpc) is 2.91. The fourth-order valence-electron chi connectivity index (χ4n) is 4.46. The number of ketones is 2. The molecule has 0 saturated heterocycles. The molecular weight excluding hydrogens is 527 g/mol. The lowest BCUT2D eigenvalue weighted by Crippen LogP contribution is -2.23. The number of benzene rings is 3. The molecule has 0 amide bonds. The molecule has 0 bridgehead atoms. The molecule has 3 N–H and O–H groups in total. The number of carbonyl (C=O) groups is 2. The van der Waals surface area contributed by atoms with Gasteiger partial charge in [-0.1, -0.05) is 62.2 Å². The molecule has 0 aromatic heterocycles. The van der Waals surface area contributed by atoms with Gasteiger partial charge in [0.05, 0.1) is 50.5 Å². The van der Waals surface area contributed by atoms with E-state index in [1.807, 2.05) is 6.07 Å². The van der Waals surface area contributed by atoms with Crippen molar-refractivity contribution in [2.45, 2.75) is 45.4 Å². The summed E-state index contributed by atoms with van der Waals surface area (Å²) >= 11 is 13.5. The van der Waals surface area contributed by atoms with Crippen LogP contribution in [0.1, 0.15) is 82.9 Å². The van der Waals surface area contributed by atoms with Gasteiger partial charge in [0.2, 0.25) is 0 Å². The lowest BCUT2D eigenvalue weighted by molar-refractivity contribution is 0.0974. The number of nitriles is 1. The summed E-state index contributed by atoms with van der Waals surface area (Å²) in [6, 6.07) is 10.9. The summed E-state index contributed by atoms with van der Waals surface area (Å²) in [6.45, 7) is 2.45. The van der Waals surface area contributed by atoms with Gasteiger partial charge in [0.15, 0.2) is 17.3 Å². The first-order valence-corrected chi connectivity index (χ1v) is 13.1. The Morgan fingerprint density at radius 2 is 1.37 bits per heavy atom. The van der Waals surface area contributed by atoms with Gasteiger partial charge in [-0.05, 0) is 42.8 Å². The minimum atomic E-state index is -0.750. The van der Waals surface area contributed by atoms with Crippen molar-refractivity contribution in [2.75, 3.05) is 11.9 Å². The molecule has 196 valence electrons. The summed E-state index contributed by atoms with van der Waals surface area (Å²) in [7, 11) is 0. The number of nitrogens with one attached hydrogen (secondary N) is 1. The van der Waals surface area contributed by atoms with E-state index >= 15 is 0 Å². The van der Waals surface area contributed by atoms with Crippen LogP contribution in [0.2, 0.25) is 10.0 Å². The molecule has 38 heavy (non-hydrogen) atoms. The predicted molar refractivity (Wildman–Crippen MR) is 146 cm³/mol. The number of unbranched alkanes of at least 4 members (excludes halogenated alkanes) is 5. The second-order valence-electron chi connectivity index (χ2n) is 9.02. The second-order valence-corrected chi connectivity index (χ2v) is 9.78. The van der Waals surface area contributed by atoms with Gasteiger partial charge in [-0.3, -0.25) is 9.59 Å². The van der Waals surface area contributed by atoms with E-state index in [1.54, 1.807) is 24.3 Å². The molecule has 0 heterocycles. The fraction of sp³-hybridized carbons (Fsp3) is 0.276. The summed E-state index contributed by atoms with van der Waals surface area (Å²) in [4.78, 5) is 27.0. The SMILES string of the molecule is CCCCCCCCOc1c(Cl)c2c(c(Cl)c1Nc1ccc(C#N)cc1)C(=O)c1c(O)ccc(O)c1C2=O. The van der Waals surface area contributed by atoms with Gasteiger partial charge in [-0.2, -0.15) is 5.26 Å². The van der Waals surface area contributed by atoms with Crippen LogP contribution in [-0.4, -0.2) is 28.4 Å². The Kier molecular flexibility index (Phi) is 8.45. The van der Waals surface area contributed by atoms with E-state index in [1.165, 1.54) is 6.42 Å². The topological polar surface area (TPSA) is 120 Å². The molecule has 3 aromatic rings. The first kappa shape index (κ1) is 27.3. The number of nitrogens with zero attached hydrogens (tertiary/aromatic N) is 1. The quantitative estimate of drug-likeness (QED) is 0.137. The molecule has 0 unspecified atom stereocenters. The highest BCUT2D eigenvalue weighted by Gasteiger charge is 2.40. The van der Waals surface area contributed by atoms with Crippen LogP contribution in [0.4, 0.5) is 11.4 Å². The second kappa shape index (κ2) is 11.8. The number of rotatable bonds is 10. The Bertz CT molecular complexity index is 1450. The van der Waals surface area contributed by atoms with E-state index in [9.17, 15) is 19.8 Å². The number of phenols is 2. The maximum atomic E-state index is 13.5. The van der Waals surface area contributed by atoms with Crippen LogP contribution in [0.25, 0.3) is 0 Å². The molecule has 0 saturated carbocycles. The van der Waals surface area contributed by atoms with Gasteiger partial charge in [0, 0.05) is 5.69 Å². The first-order valence-electron chi connectivity index (χ1n) is 12.4. The number of hydrogen-bond acceptors (Lipinski definition) is 7. The highest BCUT2D eigenvalue weighted by atomic mass is 35.5. The zero-order valence-electron chi connectivity index (χ0n) is 20.7. The lowest BCUT2D eigenvalue weighted by atomic mass is 9.82. The van der Waals surface area contributed by atoms with Gasteiger partial charge < -0.3 is 20.3 Å². The standard InChI is InChI=1S/C29H26Cl2N2O5/c1-2-3-4-5-6-7-14-38-29-25(31)23-22(24(30)26(29)33-17-10-8-16(15-32)9-11-17)27(36)20-18(34)12-13-19(35)21(20)28(23)37/h8-13,33-35H,2-7,14H2,1H3. The minimum absolute atomic E-state index is 0.0950. The molecule has 0 aliphatic heterocycles. The number of halogens is 2. The van der Waals surface area contributed by atoms with Gasteiger partial charge >= 0.3 is 0 Å². The van der Waals surface area contributed by atoms with Gasteiger partial charge in [-0.25, -0.2) is 0 Å². The summed E-state index contributed by atoms with van der Waals surface area (Å²) < 4.78 is 6.06. The van der Waals surface area contributed by atoms with Crippen molar-refractivity contribution in [3.8, 4) is 23.3 Å². The van der Waals surface area contributed by atoms with Crippen molar-refractivity contribution < 1.29 is 24.5 Å². The Hall–Kier alpha value is -3.73. The van der Waals surface area contributed by atoms with Crippen molar-refractivity contribution in [2.24, 2.45) is 0 Å². The van der Waals surface area contributed by atoms with Crippen molar-refractivity contribution in [1.29, 1.82) is 5.26 Å². The molecule has 1 aliphatic rings. The van der Waals surface area contributed by atoms with E-state index in [4.69, 9.17) is 33.2 Å². The highest BCUT2D eigenvalue weighted by Crippen LogP contribution is 2.50. The monoisotopic (exact) mass is 552 g/mol. The van der Waals surface area contributed by atoms with E-state index in [-0.39, 0.29) is 43.7 Å². The van der Waals surface area contributed by atoms with Crippen LogP contribution < -0.4 is 10.1 Å². The predicted octanol–water partition coefficient (Wildman–Crippen LogP) is 7.53. The Labute approximate surface area is 230 Å². The van der Waals surface area contributed by atoms with Gasteiger partial charge in [0.1, 0.15) is 17.2 Å². The molecule has 0 radical (unpaired) electrons. The van der Waals surface area contributed by atoms with Crippen LogP contribution in [0.15, 0.2) is 36.4 Å². The molecule has 4 rings (SSSR count). The maximum Gasteiger partial charge on any atom is 0.200 e. The van der Waals surface area contributed by atoms with E-state index < -0.39 is 23.1 Å². The lowest BCUT2D eigenvalue weighted by Gasteiger charge is -2.25. The largest absolute Gasteiger partial charge is 0.507 e. The Morgan fingerprint density at radius 1 is 0.816 bits per heavy atom. The molecule has 0 spiro atoms. The van der Waals surface area contributed by atoms with Crippen molar-refractivity contribution in [3.05, 3.63) is 74.3 Å². The summed E-state index contributed by atoms with van der Waals surface area (Å²) in [5, 5.41) is 32.7. The molecule has 3 aromatic carbocycles. The fourth-order valence-corrected chi connectivity index (χ4v) is 5.10. The Morgan fingerprint density at radius 3 is 1.95 bits per heavy atom. The highest BCUT2D eigenvalue weighted by molar-refractivity contribution is 6.46. The van der Waals surface area contributed by atoms with Crippen LogP contribution in [0.3, 0.4) is 0 Å². The zero-order chi connectivity index (χ0) is 27.4. The van der Waals surface area contributed by atoms with Crippen LogP contribution in [0.5, 0.6) is 17.2 Å². The number of hydrogen-bond donors (Lipinski definition) is 3. The third-order valence-electron chi connectivity index (χ3n) is 6.43. The van der Waals surface area contributed by atoms with Crippen LogP contribution in [0, 0.1) is 11.3 Å². The van der Waals surface area contributed by atoms with E-state index in [0.29, 0.717) is 17.9 Å². The number of anilines is 2. The van der Waals surface area contributed by atoms with Crippen molar-refractivity contribution in [3.63, 3.8) is 0 Å². The first-order chi connectivity index (χ1) is 18.3. The number of ether oxygens (including phenoxy) is 1. The minimum Gasteiger partial charge on any atom is -0.507 e. The van der Waals surface area contributed by atoms with Crippen molar-refractivity contribution in [1.82, 2.24) is 0 Å². The third kappa shape index (κ3) is 5.15. The number of fused-ring (bicyclic) bond motifs is 2. The average molecular weight is 553 g/mol. The molecule has 9 heteroatoms. The van der Waals surface area contributed by atoms with E-state index in [0.717, 1.165) is 44.2 Å². The molecule has 0 atom stereocenters. The molecular formula is C29H26Cl2N2O5. The number of aromatic hydroxyl groups is 2. The van der Waals surface area contributed by atoms with Gasteiger partial charge in [0.25, 0.3) is 0 Å². The normalized spacial score (nSPS) is 12.1. The molecule has 0 fully saturated rings. The molecule has 1 aliphatic carbocycles. The number of carbonyl (C=O) groups excluding carboxylic acids is 2. The maximum absolute atomic E-state index is 13.5. The Balaban J connectivity index is 1.79. The van der Waals surface area contributed by atoms with Crippen LogP contribution >= 0.6 is 23.2 Å². The van der Waals surface area contributed by atoms with Crippen LogP contribution in [-0.2, 0) is 0 Å². The number of phenolic OH excluding ortho intramolecular Hbond substituents is 2. The molecule has 7 nitrogen and oxygen atoms in total. The van der Waals surface area contributed by atoms with E-state index in [2.05, 4.69) is 12.2 Å². The summed E-state index contributed by atoms with van der Waals surface area (Å²) in [5.74, 6) is -2.32. The smallest absolute Gasteiger partial charge is 0.200 e. The third-order valence-corrected chi connectivity index (χ3v) is 7.17. The van der Waals surface area contributed by atoms with Crippen molar-refractivity contribution >= 4 is 46.1 Å². The summed E-state index contributed by atoms with van der Waals surface area (Å²) in [6.07, 6.45) is 6.22. The van der Waals surface area contributed by atoms with Gasteiger partial charge in [-0.15, -0.1) is 0 Å². The zero-order valence-corrected chi connectivity index (χ0v) is 22.2. The summed E-state index contributed by atoms with van der Waals surface area (Å²) in [5.41, 5.74) is 0.103.